The molecule has 0 aromatic carbocycles. The zero-order valence-corrected chi connectivity index (χ0v) is 10.8. The first kappa shape index (κ1) is 12.3. The minimum absolute atomic E-state index is 0.0502. The summed E-state index contributed by atoms with van der Waals surface area (Å²) in [7, 11) is 1.76. The maximum Gasteiger partial charge on any atom is 0.285 e. The van der Waals surface area contributed by atoms with Gasteiger partial charge in [0, 0.05) is 20.1 Å². The van der Waals surface area contributed by atoms with Crippen molar-refractivity contribution < 1.29 is 9.53 Å². The van der Waals surface area contributed by atoms with E-state index < -0.39 is 0 Å². The maximum atomic E-state index is 12.1. The monoisotopic (exact) mass is 256 g/mol. The van der Waals surface area contributed by atoms with E-state index in [9.17, 15) is 4.79 Å². The van der Waals surface area contributed by atoms with Crippen LogP contribution in [0.5, 0.6) is 0 Å². The van der Waals surface area contributed by atoms with Gasteiger partial charge >= 0.3 is 0 Å². The highest BCUT2D eigenvalue weighted by molar-refractivity contribution is 7.17. The quantitative estimate of drug-likeness (QED) is 0.867. The van der Waals surface area contributed by atoms with Crippen LogP contribution in [-0.2, 0) is 4.74 Å². The maximum absolute atomic E-state index is 12.1. The van der Waals surface area contributed by atoms with Gasteiger partial charge in [-0.3, -0.25) is 4.79 Å². The van der Waals surface area contributed by atoms with Gasteiger partial charge in [0.15, 0.2) is 0 Å². The molecule has 1 aliphatic rings. The molecule has 1 fully saturated rings. The first-order valence-electron chi connectivity index (χ1n) is 5.66. The number of nitrogens with zero attached hydrogens (tertiary/aromatic N) is 3. The van der Waals surface area contributed by atoms with E-state index in [4.69, 9.17) is 4.74 Å². The van der Waals surface area contributed by atoms with Crippen LogP contribution in [-0.4, -0.2) is 53.9 Å². The molecule has 1 amide bonds. The lowest BCUT2D eigenvalue weighted by molar-refractivity contribution is -0.0226. The van der Waals surface area contributed by atoms with Crippen molar-refractivity contribution in [3.05, 3.63) is 5.01 Å². The van der Waals surface area contributed by atoms with Crippen molar-refractivity contribution in [2.45, 2.75) is 19.4 Å². The standard InChI is InChI=1S/C10H16N4O2S/c1-3-7-6-14(4-5-16-7)9(15)8-12-13-10(11-2)17-8/h7H,3-6H2,1-2H3,(H,11,13). The molecule has 0 saturated carbocycles. The molecule has 0 bridgehead atoms. The number of hydrogen-bond acceptors (Lipinski definition) is 6. The second-order valence-electron chi connectivity index (χ2n) is 3.81. The number of nitrogens with one attached hydrogen (secondary N) is 1. The molecular formula is C10H16N4O2S. The van der Waals surface area contributed by atoms with Crippen molar-refractivity contribution in [1.82, 2.24) is 15.1 Å². The van der Waals surface area contributed by atoms with E-state index in [0.717, 1.165) is 6.42 Å². The van der Waals surface area contributed by atoms with Crippen molar-refractivity contribution >= 4 is 22.4 Å². The molecule has 2 rings (SSSR count). The number of morpholine rings is 1. The summed E-state index contributed by atoms with van der Waals surface area (Å²) in [6, 6.07) is 0. The first-order chi connectivity index (χ1) is 8.24. The van der Waals surface area contributed by atoms with Crippen LogP contribution in [0.1, 0.15) is 23.1 Å². The molecule has 17 heavy (non-hydrogen) atoms. The van der Waals surface area contributed by atoms with Gasteiger partial charge in [0.2, 0.25) is 10.1 Å². The summed E-state index contributed by atoms with van der Waals surface area (Å²) in [6.45, 7) is 3.93. The molecule has 1 saturated heterocycles. The predicted molar refractivity (Wildman–Crippen MR) is 65.4 cm³/mol. The number of amides is 1. The Bertz CT molecular complexity index is 395. The number of anilines is 1. The predicted octanol–water partition coefficient (Wildman–Crippen LogP) is 0.831. The minimum atomic E-state index is -0.0502. The third-order valence-electron chi connectivity index (χ3n) is 2.70. The van der Waals surface area contributed by atoms with Crippen molar-refractivity contribution in [3.63, 3.8) is 0 Å². The van der Waals surface area contributed by atoms with Crippen LogP contribution in [0.3, 0.4) is 0 Å². The zero-order chi connectivity index (χ0) is 12.3. The molecule has 0 aliphatic carbocycles. The Balaban J connectivity index is 2.03. The van der Waals surface area contributed by atoms with Crippen LogP contribution in [0.15, 0.2) is 0 Å². The molecule has 1 aromatic heterocycles. The second-order valence-corrected chi connectivity index (χ2v) is 4.79. The summed E-state index contributed by atoms with van der Waals surface area (Å²) >= 11 is 1.28. The average molecular weight is 256 g/mol. The Morgan fingerprint density at radius 3 is 3.12 bits per heavy atom. The average Bonchev–Trinajstić information content (AvgIpc) is 2.86. The van der Waals surface area contributed by atoms with Crippen LogP contribution < -0.4 is 5.32 Å². The number of rotatable bonds is 3. The summed E-state index contributed by atoms with van der Waals surface area (Å²) in [5.74, 6) is -0.0502. The van der Waals surface area contributed by atoms with E-state index in [0.29, 0.717) is 29.8 Å². The molecule has 0 spiro atoms. The molecule has 1 aliphatic heterocycles. The van der Waals surface area contributed by atoms with Crippen LogP contribution in [0.25, 0.3) is 0 Å². The Hall–Kier alpha value is -1.21. The van der Waals surface area contributed by atoms with Gasteiger partial charge in [-0.15, -0.1) is 10.2 Å². The Morgan fingerprint density at radius 2 is 2.47 bits per heavy atom. The smallest absolute Gasteiger partial charge is 0.285 e. The lowest BCUT2D eigenvalue weighted by Gasteiger charge is -2.31. The van der Waals surface area contributed by atoms with Gasteiger partial charge in [-0.2, -0.15) is 0 Å². The Kier molecular flexibility index (Phi) is 3.90. The zero-order valence-electron chi connectivity index (χ0n) is 9.97. The number of hydrogen-bond donors (Lipinski definition) is 1. The molecule has 1 atom stereocenters. The van der Waals surface area contributed by atoms with Gasteiger partial charge in [0.25, 0.3) is 5.91 Å². The number of carbonyl (C=O) groups is 1. The van der Waals surface area contributed by atoms with Crippen LogP contribution in [0.2, 0.25) is 0 Å². The van der Waals surface area contributed by atoms with Crippen molar-refractivity contribution in [1.29, 1.82) is 0 Å². The van der Waals surface area contributed by atoms with Gasteiger partial charge in [-0.05, 0) is 6.42 Å². The summed E-state index contributed by atoms with van der Waals surface area (Å²) in [4.78, 5) is 13.9. The van der Waals surface area contributed by atoms with Crippen molar-refractivity contribution in [2.75, 3.05) is 32.1 Å². The molecule has 6 nitrogen and oxygen atoms in total. The molecule has 0 radical (unpaired) electrons. The lowest BCUT2D eigenvalue weighted by atomic mass is 10.2. The van der Waals surface area contributed by atoms with E-state index in [2.05, 4.69) is 22.4 Å². The van der Waals surface area contributed by atoms with Crippen molar-refractivity contribution in [2.24, 2.45) is 0 Å². The normalized spacial score (nSPS) is 20.4. The fourth-order valence-corrected chi connectivity index (χ4v) is 2.36. The molecule has 94 valence electrons. The number of aromatic nitrogens is 2. The Morgan fingerprint density at radius 1 is 1.65 bits per heavy atom. The van der Waals surface area contributed by atoms with E-state index >= 15 is 0 Å². The van der Waals surface area contributed by atoms with Crippen molar-refractivity contribution in [3.8, 4) is 0 Å². The molecule has 1 unspecified atom stereocenters. The van der Waals surface area contributed by atoms with Crippen LogP contribution in [0.4, 0.5) is 5.13 Å². The minimum Gasteiger partial charge on any atom is -0.375 e. The lowest BCUT2D eigenvalue weighted by Crippen LogP contribution is -2.45. The fraction of sp³-hybridized carbons (Fsp3) is 0.700. The summed E-state index contributed by atoms with van der Waals surface area (Å²) < 4.78 is 5.53. The van der Waals surface area contributed by atoms with E-state index in [-0.39, 0.29) is 12.0 Å². The summed E-state index contributed by atoms with van der Waals surface area (Å²) in [6.07, 6.45) is 1.06. The molecule has 1 aromatic rings. The van der Waals surface area contributed by atoms with E-state index in [1.165, 1.54) is 11.3 Å². The first-order valence-corrected chi connectivity index (χ1v) is 6.48. The third-order valence-corrected chi connectivity index (χ3v) is 3.63. The molecule has 7 heteroatoms. The van der Waals surface area contributed by atoms with E-state index in [1.807, 2.05) is 0 Å². The summed E-state index contributed by atoms with van der Waals surface area (Å²) in [5.41, 5.74) is 0. The highest BCUT2D eigenvalue weighted by Gasteiger charge is 2.26. The van der Waals surface area contributed by atoms with Crippen LogP contribution >= 0.6 is 11.3 Å². The number of ether oxygens (including phenoxy) is 1. The van der Waals surface area contributed by atoms with Gasteiger partial charge < -0.3 is 15.0 Å². The highest BCUT2D eigenvalue weighted by Crippen LogP contribution is 2.18. The third kappa shape index (κ3) is 2.73. The number of carbonyl (C=O) groups excluding carboxylic acids is 1. The van der Waals surface area contributed by atoms with Gasteiger partial charge in [0.1, 0.15) is 0 Å². The molecule has 2 heterocycles. The second kappa shape index (κ2) is 5.42. The fourth-order valence-electron chi connectivity index (χ4n) is 1.70. The van der Waals surface area contributed by atoms with E-state index in [1.54, 1.807) is 11.9 Å². The largest absolute Gasteiger partial charge is 0.375 e. The van der Waals surface area contributed by atoms with Gasteiger partial charge in [-0.25, -0.2) is 0 Å². The molecular weight excluding hydrogens is 240 g/mol. The van der Waals surface area contributed by atoms with Gasteiger partial charge in [-0.1, -0.05) is 18.3 Å². The topological polar surface area (TPSA) is 67.4 Å². The van der Waals surface area contributed by atoms with Crippen LogP contribution in [0, 0.1) is 0 Å². The summed E-state index contributed by atoms with van der Waals surface area (Å²) in [5, 5.41) is 11.7. The highest BCUT2D eigenvalue weighted by atomic mass is 32.1. The van der Waals surface area contributed by atoms with Gasteiger partial charge in [0.05, 0.1) is 12.7 Å². The molecule has 1 N–H and O–H groups in total. The SMILES string of the molecule is CCC1CN(C(=O)c2nnc(NC)s2)CCO1. The Labute approximate surface area is 104 Å².